The Labute approximate surface area is 256 Å². The molecule has 10 heteroatoms. The summed E-state index contributed by atoms with van der Waals surface area (Å²) in [5.74, 6) is 1.59. The lowest BCUT2D eigenvalue weighted by atomic mass is 9.87. The van der Waals surface area contributed by atoms with Crippen LogP contribution in [0.5, 0.6) is 11.5 Å². The van der Waals surface area contributed by atoms with E-state index in [9.17, 15) is 9.59 Å². The van der Waals surface area contributed by atoms with Crippen molar-refractivity contribution in [3.63, 3.8) is 0 Å². The van der Waals surface area contributed by atoms with Gasteiger partial charge in [0.2, 0.25) is 11.8 Å². The molecule has 1 aliphatic heterocycles. The number of thioether (sulfide) groups is 1. The first-order valence-electron chi connectivity index (χ1n) is 14.1. The lowest BCUT2D eigenvalue weighted by molar-refractivity contribution is -0.123. The molecule has 0 saturated heterocycles. The number of hydrogen-bond acceptors (Lipinski definition) is 7. The first-order chi connectivity index (χ1) is 20.6. The summed E-state index contributed by atoms with van der Waals surface area (Å²) < 4.78 is 13.0. The van der Waals surface area contributed by atoms with Gasteiger partial charge in [-0.2, -0.15) is 5.10 Å². The van der Waals surface area contributed by atoms with Crippen LogP contribution in [-0.2, 0) is 21.5 Å². The highest BCUT2D eigenvalue weighted by atomic mass is 32.2. The molecule has 9 nitrogen and oxygen atoms in total. The van der Waals surface area contributed by atoms with Gasteiger partial charge >= 0.3 is 0 Å². The minimum Gasteiger partial charge on any atom is -0.493 e. The van der Waals surface area contributed by atoms with Gasteiger partial charge in [0.15, 0.2) is 11.5 Å². The number of nitrogens with one attached hydrogen (secondary N) is 1. The Balaban J connectivity index is 1.67. The predicted octanol–water partition coefficient (Wildman–Crippen LogP) is 5.38. The fraction of sp³-hybridized carbons (Fsp3) is 0.333. The zero-order chi connectivity index (χ0) is 30.7. The van der Waals surface area contributed by atoms with Gasteiger partial charge in [-0.1, -0.05) is 39.0 Å². The van der Waals surface area contributed by atoms with Crippen molar-refractivity contribution in [2.75, 3.05) is 31.4 Å². The van der Waals surface area contributed by atoms with Crippen LogP contribution >= 0.6 is 11.8 Å². The van der Waals surface area contributed by atoms with Crippen molar-refractivity contribution in [1.82, 2.24) is 20.1 Å². The summed E-state index contributed by atoms with van der Waals surface area (Å²) in [5.41, 5.74) is 5.15. The number of pyridine rings is 1. The van der Waals surface area contributed by atoms with E-state index in [1.54, 1.807) is 31.5 Å². The zero-order valence-electron chi connectivity index (χ0n) is 25.4. The number of rotatable bonds is 8. The SMILES string of the molecule is COc1ccc(C2SCC(=O)N(CC(=O)NCc3ccncc3)c3c2c(C(C)(C)C)nn3-c2cccc(C)c2)cc1OC. The van der Waals surface area contributed by atoms with Crippen LogP contribution in [0.2, 0.25) is 0 Å². The summed E-state index contributed by atoms with van der Waals surface area (Å²) in [7, 11) is 3.22. The number of amides is 2. The molecular formula is C33H37N5O4S. The monoisotopic (exact) mass is 599 g/mol. The van der Waals surface area contributed by atoms with Gasteiger partial charge in [0.05, 0.1) is 36.6 Å². The van der Waals surface area contributed by atoms with E-state index in [-0.39, 0.29) is 34.8 Å². The number of aromatic nitrogens is 3. The normalized spacial score (nSPS) is 15.1. The molecule has 2 aromatic carbocycles. The van der Waals surface area contributed by atoms with E-state index in [1.807, 2.05) is 66.2 Å². The fourth-order valence-corrected chi connectivity index (χ4v) is 6.38. The average Bonchev–Trinajstić information content (AvgIpc) is 3.34. The Morgan fingerprint density at radius 2 is 1.79 bits per heavy atom. The Hall–Kier alpha value is -4.31. The molecule has 4 aromatic rings. The average molecular weight is 600 g/mol. The minimum absolute atomic E-state index is 0.142. The molecule has 2 aromatic heterocycles. The van der Waals surface area contributed by atoms with E-state index >= 15 is 0 Å². The first kappa shape index (κ1) is 30.2. The van der Waals surface area contributed by atoms with E-state index < -0.39 is 0 Å². The molecule has 0 aliphatic carbocycles. The Morgan fingerprint density at radius 1 is 1.05 bits per heavy atom. The van der Waals surface area contributed by atoms with E-state index in [1.165, 1.54) is 11.8 Å². The highest BCUT2D eigenvalue weighted by molar-refractivity contribution is 8.00. The summed E-state index contributed by atoms with van der Waals surface area (Å²) >= 11 is 1.52. The number of carbonyl (C=O) groups is 2. The summed E-state index contributed by atoms with van der Waals surface area (Å²) in [6, 6.07) is 17.5. The number of benzene rings is 2. The van der Waals surface area contributed by atoms with E-state index in [0.29, 0.717) is 23.9 Å². The molecule has 3 heterocycles. The maximum atomic E-state index is 13.9. The highest BCUT2D eigenvalue weighted by Crippen LogP contribution is 2.49. The van der Waals surface area contributed by atoms with Crippen molar-refractivity contribution in [3.8, 4) is 17.2 Å². The number of nitrogens with zero attached hydrogens (tertiary/aromatic N) is 4. The predicted molar refractivity (Wildman–Crippen MR) is 169 cm³/mol. The molecule has 43 heavy (non-hydrogen) atoms. The summed E-state index contributed by atoms with van der Waals surface area (Å²) in [6.45, 7) is 8.57. The molecular weight excluding hydrogens is 562 g/mol. The van der Waals surface area contributed by atoms with Gasteiger partial charge in [0.25, 0.3) is 0 Å². The minimum atomic E-state index is -0.364. The van der Waals surface area contributed by atoms with Gasteiger partial charge in [-0.05, 0) is 60.0 Å². The number of hydrogen-bond donors (Lipinski definition) is 1. The molecule has 1 atom stereocenters. The van der Waals surface area contributed by atoms with Crippen molar-refractivity contribution in [2.45, 2.75) is 44.9 Å². The van der Waals surface area contributed by atoms with Gasteiger partial charge in [-0.3, -0.25) is 19.5 Å². The molecule has 1 unspecified atom stereocenters. The molecule has 224 valence electrons. The van der Waals surface area contributed by atoms with E-state index in [0.717, 1.165) is 33.6 Å². The molecule has 0 fully saturated rings. The van der Waals surface area contributed by atoms with Crippen molar-refractivity contribution in [3.05, 3.63) is 94.9 Å². The van der Waals surface area contributed by atoms with Crippen LogP contribution in [0.3, 0.4) is 0 Å². The van der Waals surface area contributed by atoms with Crippen LogP contribution in [0.15, 0.2) is 67.0 Å². The van der Waals surface area contributed by atoms with Crippen molar-refractivity contribution in [2.24, 2.45) is 0 Å². The number of fused-ring (bicyclic) bond motifs is 1. The number of aryl methyl sites for hydroxylation is 1. The molecule has 5 rings (SSSR count). The van der Waals surface area contributed by atoms with Gasteiger partial charge in [0, 0.05) is 29.9 Å². The van der Waals surface area contributed by atoms with Crippen molar-refractivity contribution in [1.29, 1.82) is 0 Å². The Bertz CT molecular complexity index is 1630. The largest absolute Gasteiger partial charge is 0.493 e. The summed E-state index contributed by atoms with van der Waals surface area (Å²) in [4.78, 5) is 32.9. The van der Waals surface area contributed by atoms with Crippen LogP contribution in [0.25, 0.3) is 5.69 Å². The molecule has 1 N–H and O–H groups in total. The van der Waals surface area contributed by atoms with Crippen molar-refractivity contribution < 1.29 is 19.1 Å². The number of methoxy groups -OCH3 is 2. The Morgan fingerprint density at radius 3 is 2.47 bits per heavy atom. The standard InChI is InChI=1S/C33H37N5O4S/c1-21-8-7-9-24(16-21)38-32-29(31(36-38)33(2,3)4)30(23-10-11-25(41-5)26(17-23)42-6)43-20-28(40)37(32)19-27(39)35-18-22-12-14-34-15-13-22/h7-17,30H,18-20H2,1-6H3,(H,35,39). The van der Waals surface area contributed by atoms with Crippen LogP contribution in [0, 0.1) is 6.92 Å². The third-order valence-corrected chi connectivity index (χ3v) is 8.55. The number of anilines is 1. The fourth-order valence-electron chi connectivity index (χ4n) is 5.19. The van der Waals surface area contributed by atoms with Gasteiger partial charge < -0.3 is 14.8 Å². The van der Waals surface area contributed by atoms with E-state index in [2.05, 4.69) is 31.1 Å². The quantitative estimate of drug-likeness (QED) is 0.291. The van der Waals surface area contributed by atoms with Crippen LogP contribution < -0.4 is 19.7 Å². The van der Waals surface area contributed by atoms with E-state index in [4.69, 9.17) is 14.6 Å². The van der Waals surface area contributed by atoms with Crippen LogP contribution in [-0.4, -0.2) is 53.1 Å². The van der Waals surface area contributed by atoms with Crippen LogP contribution in [0.1, 0.15) is 54.0 Å². The second kappa shape index (κ2) is 12.5. The maximum Gasteiger partial charge on any atom is 0.240 e. The second-order valence-corrected chi connectivity index (χ2v) is 12.6. The molecule has 1 aliphatic rings. The second-order valence-electron chi connectivity index (χ2n) is 11.5. The smallest absolute Gasteiger partial charge is 0.240 e. The molecule has 0 radical (unpaired) electrons. The zero-order valence-corrected chi connectivity index (χ0v) is 26.2. The van der Waals surface area contributed by atoms with Crippen molar-refractivity contribution >= 4 is 29.4 Å². The van der Waals surface area contributed by atoms with Gasteiger partial charge in [-0.25, -0.2) is 4.68 Å². The maximum absolute atomic E-state index is 13.9. The molecule has 0 saturated carbocycles. The Kier molecular flexibility index (Phi) is 8.77. The molecule has 0 spiro atoms. The highest BCUT2D eigenvalue weighted by Gasteiger charge is 2.40. The van der Waals surface area contributed by atoms with Crippen LogP contribution in [0.4, 0.5) is 5.82 Å². The number of ether oxygens (including phenoxy) is 2. The van der Waals surface area contributed by atoms with Gasteiger partial charge in [0.1, 0.15) is 12.4 Å². The lowest BCUT2D eigenvalue weighted by Gasteiger charge is -2.25. The topological polar surface area (TPSA) is 98.6 Å². The molecule has 0 bridgehead atoms. The molecule has 2 amide bonds. The summed E-state index contributed by atoms with van der Waals surface area (Å²) in [5, 5.41) is 7.88. The lowest BCUT2D eigenvalue weighted by Crippen LogP contribution is -2.42. The first-order valence-corrected chi connectivity index (χ1v) is 15.2. The third kappa shape index (κ3) is 6.39. The summed E-state index contributed by atoms with van der Waals surface area (Å²) in [6.07, 6.45) is 3.37. The third-order valence-electron chi connectivity index (χ3n) is 7.30. The van der Waals surface area contributed by atoms with Gasteiger partial charge in [-0.15, -0.1) is 11.8 Å². The number of carbonyl (C=O) groups excluding carboxylic acids is 2.